The number of aromatic nitrogens is 2. The van der Waals surface area contributed by atoms with Gasteiger partial charge in [-0.05, 0) is 43.7 Å². The van der Waals surface area contributed by atoms with Gasteiger partial charge in [-0.3, -0.25) is 9.59 Å². The predicted molar refractivity (Wildman–Crippen MR) is 100 cm³/mol. The molecule has 0 radical (unpaired) electrons. The van der Waals surface area contributed by atoms with E-state index in [2.05, 4.69) is 15.3 Å². The Morgan fingerprint density at radius 1 is 0.920 bits per heavy atom. The molecule has 0 aliphatic heterocycles. The number of hydrogen-bond acceptors (Lipinski definition) is 2. The predicted octanol–water partition coefficient (Wildman–Crippen LogP) is 3.88. The fourth-order valence-corrected chi connectivity index (χ4v) is 3.03. The first kappa shape index (κ1) is 15.2. The van der Waals surface area contributed by atoms with Gasteiger partial charge in [-0.1, -0.05) is 24.3 Å². The SMILES string of the molecule is Cc1c(C)c2ccc(NC(=O)c3cc4ccccc4[nH]3)cc2[nH]c1=O. The minimum Gasteiger partial charge on any atom is -0.351 e. The Morgan fingerprint density at radius 2 is 1.72 bits per heavy atom. The number of carbonyl (C=O) groups excluding carboxylic acids is 1. The average Bonchev–Trinajstić information content (AvgIpc) is 3.04. The van der Waals surface area contributed by atoms with Crippen LogP contribution in [0.25, 0.3) is 21.8 Å². The molecular weight excluding hydrogens is 314 g/mol. The smallest absolute Gasteiger partial charge is 0.272 e. The van der Waals surface area contributed by atoms with Gasteiger partial charge in [-0.25, -0.2) is 0 Å². The number of hydrogen-bond donors (Lipinski definition) is 3. The van der Waals surface area contributed by atoms with Crippen LogP contribution >= 0.6 is 0 Å². The number of amides is 1. The van der Waals surface area contributed by atoms with Gasteiger partial charge in [0.25, 0.3) is 11.5 Å². The van der Waals surface area contributed by atoms with Crippen LogP contribution in [0.1, 0.15) is 21.6 Å². The summed E-state index contributed by atoms with van der Waals surface area (Å²) in [5, 5.41) is 4.83. The summed E-state index contributed by atoms with van der Waals surface area (Å²) in [5.41, 5.74) is 4.31. The maximum atomic E-state index is 12.5. The Labute approximate surface area is 143 Å². The maximum absolute atomic E-state index is 12.5. The van der Waals surface area contributed by atoms with Crippen LogP contribution < -0.4 is 10.9 Å². The number of para-hydroxylation sites is 1. The molecule has 0 saturated heterocycles. The minimum atomic E-state index is -0.221. The zero-order chi connectivity index (χ0) is 17.6. The Bertz CT molecular complexity index is 1150. The van der Waals surface area contributed by atoms with E-state index in [1.165, 1.54) is 0 Å². The highest BCUT2D eigenvalue weighted by Crippen LogP contribution is 2.22. The fraction of sp³-hybridized carbons (Fsp3) is 0.100. The molecular formula is C20H17N3O2. The molecule has 5 nitrogen and oxygen atoms in total. The number of pyridine rings is 1. The third-order valence-electron chi connectivity index (χ3n) is 4.61. The molecule has 0 aliphatic carbocycles. The largest absolute Gasteiger partial charge is 0.351 e. The van der Waals surface area contributed by atoms with E-state index in [4.69, 9.17) is 0 Å². The monoisotopic (exact) mass is 331 g/mol. The van der Waals surface area contributed by atoms with E-state index < -0.39 is 0 Å². The number of rotatable bonds is 2. The van der Waals surface area contributed by atoms with Gasteiger partial charge in [0.15, 0.2) is 0 Å². The number of fused-ring (bicyclic) bond motifs is 2. The van der Waals surface area contributed by atoms with Gasteiger partial charge in [0.1, 0.15) is 5.69 Å². The summed E-state index contributed by atoms with van der Waals surface area (Å²) >= 11 is 0. The van der Waals surface area contributed by atoms with Crippen LogP contribution in [0.15, 0.2) is 53.3 Å². The van der Waals surface area contributed by atoms with Crippen LogP contribution in [0.4, 0.5) is 5.69 Å². The molecule has 4 rings (SSSR count). The number of aryl methyl sites for hydroxylation is 1. The Balaban J connectivity index is 1.69. The lowest BCUT2D eigenvalue weighted by atomic mass is 10.1. The normalized spacial score (nSPS) is 11.1. The summed E-state index contributed by atoms with van der Waals surface area (Å²) < 4.78 is 0. The molecule has 2 heterocycles. The molecule has 25 heavy (non-hydrogen) atoms. The molecule has 0 atom stereocenters. The maximum Gasteiger partial charge on any atom is 0.272 e. The van der Waals surface area contributed by atoms with Crippen molar-refractivity contribution >= 4 is 33.4 Å². The van der Waals surface area contributed by atoms with Crippen LogP contribution in [-0.4, -0.2) is 15.9 Å². The summed E-state index contributed by atoms with van der Waals surface area (Å²) in [5.74, 6) is -0.221. The highest BCUT2D eigenvalue weighted by molar-refractivity contribution is 6.06. The summed E-state index contributed by atoms with van der Waals surface area (Å²) in [6.45, 7) is 3.73. The van der Waals surface area contributed by atoms with Gasteiger partial charge >= 0.3 is 0 Å². The fourth-order valence-electron chi connectivity index (χ4n) is 3.03. The average molecular weight is 331 g/mol. The van der Waals surface area contributed by atoms with Gasteiger partial charge in [-0.15, -0.1) is 0 Å². The Kier molecular flexibility index (Phi) is 3.42. The zero-order valence-corrected chi connectivity index (χ0v) is 13.9. The lowest BCUT2D eigenvalue weighted by Crippen LogP contribution is -2.14. The molecule has 0 aliphatic rings. The van der Waals surface area contributed by atoms with Gasteiger partial charge in [0.05, 0.1) is 5.52 Å². The van der Waals surface area contributed by atoms with Crippen molar-refractivity contribution in [2.24, 2.45) is 0 Å². The number of carbonyl (C=O) groups is 1. The quantitative estimate of drug-likeness (QED) is 0.521. The van der Waals surface area contributed by atoms with E-state index >= 15 is 0 Å². The van der Waals surface area contributed by atoms with Crippen LogP contribution in [0.2, 0.25) is 0 Å². The van der Waals surface area contributed by atoms with E-state index in [1.807, 2.05) is 49.4 Å². The van der Waals surface area contributed by atoms with Crippen molar-refractivity contribution in [1.29, 1.82) is 0 Å². The first-order valence-electron chi connectivity index (χ1n) is 8.05. The Hall–Kier alpha value is -3.34. The van der Waals surface area contributed by atoms with Crippen molar-refractivity contribution in [2.75, 3.05) is 5.32 Å². The molecule has 124 valence electrons. The van der Waals surface area contributed by atoms with Crippen LogP contribution in [-0.2, 0) is 0 Å². The summed E-state index contributed by atoms with van der Waals surface area (Å²) in [6.07, 6.45) is 0. The molecule has 0 spiro atoms. The lowest BCUT2D eigenvalue weighted by molar-refractivity contribution is 0.102. The van der Waals surface area contributed by atoms with E-state index in [1.54, 1.807) is 13.0 Å². The molecule has 5 heteroatoms. The molecule has 3 N–H and O–H groups in total. The first-order valence-corrected chi connectivity index (χ1v) is 8.05. The summed E-state index contributed by atoms with van der Waals surface area (Å²) in [6, 6.07) is 15.1. The molecule has 2 aromatic heterocycles. The van der Waals surface area contributed by atoms with Crippen molar-refractivity contribution in [3.63, 3.8) is 0 Å². The van der Waals surface area contributed by atoms with Crippen molar-refractivity contribution in [1.82, 2.24) is 9.97 Å². The van der Waals surface area contributed by atoms with Crippen LogP contribution in [0, 0.1) is 13.8 Å². The van der Waals surface area contributed by atoms with Crippen molar-refractivity contribution in [2.45, 2.75) is 13.8 Å². The first-order chi connectivity index (χ1) is 12.0. The molecule has 0 saturated carbocycles. The van der Waals surface area contributed by atoms with E-state index in [0.717, 1.165) is 21.9 Å². The van der Waals surface area contributed by atoms with Crippen LogP contribution in [0.3, 0.4) is 0 Å². The Morgan fingerprint density at radius 3 is 2.52 bits per heavy atom. The van der Waals surface area contributed by atoms with E-state index in [-0.39, 0.29) is 11.5 Å². The summed E-state index contributed by atoms with van der Waals surface area (Å²) in [7, 11) is 0. The lowest BCUT2D eigenvalue weighted by Gasteiger charge is -2.08. The molecule has 0 unspecified atom stereocenters. The second kappa shape index (κ2) is 5.63. The van der Waals surface area contributed by atoms with Crippen molar-refractivity contribution in [3.8, 4) is 0 Å². The highest BCUT2D eigenvalue weighted by atomic mass is 16.2. The topological polar surface area (TPSA) is 77.8 Å². The van der Waals surface area contributed by atoms with Gasteiger partial charge < -0.3 is 15.3 Å². The highest BCUT2D eigenvalue weighted by Gasteiger charge is 2.11. The third-order valence-corrected chi connectivity index (χ3v) is 4.61. The van der Waals surface area contributed by atoms with Gasteiger partial charge in [-0.2, -0.15) is 0 Å². The second-order valence-corrected chi connectivity index (χ2v) is 6.19. The number of aromatic amines is 2. The number of nitrogens with one attached hydrogen (secondary N) is 3. The van der Waals surface area contributed by atoms with Crippen LogP contribution in [0.5, 0.6) is 0 Å². The van der Waals surface area contributed by atoms with Crippen molar-refractivity contribution < 1.29 is 4.79 Å². The van der Waals surface area contributed by atoms with E-state index in [9.17, 15) is 9.59 Å². The van der Waals surface area contributed by atoms with E-state index in [0.29, 0.717) is 22.5 Å². The second-order valence-electron chi connectivity index (χ2n) is 6.19. The number of benzene rings is 2. The van der Waals surface area contributed by atoms with Crippen molar-refractivity contribution in [3.05, 3.63) is 75.7 Å². The molecule has 0 fully saturated rings. The minimum absolute atomic E-state index is 0.107. The number of anilines is 1. The summed E-state index contributed by atoms with van der Waals surface area (Å²) in [4.78, 5) is 30.4. The molecule has 2 aromatic carbocycles. The number of H-pyrrole nitrogens is 2. The zero-order valence-electron chi connectivity index (χ0n) is 13.9. The molecule has 4 aromatic rings. The van der Waals surface area contributed by atoms with Gasteiger partial charge in [0, 0.05) is 27.5 Å². The van der Waals surface area contributed by atoms with Gasteiger partial charge in [0.2, 0.25) is 0 Å². The molecule has 1 amide bonds. The standard InChI is InChI=1S/C20H17N3O2/c1-11-12(2)19(24)23-17-10-14(7-8-15(11)17)21-20(25)18-9-13-5-3-4-6-16(13)22-18/h3-10,22H,1-2H3,(H,21,25)(H,23,24). The molecule has 0 bridgehead atoms. The third kappa shape index (κ3) is 2.59.